The van der Waals surface area contributed by atoms with Crippen LogP contribution in [0.5, 0.6) is 0 Å². The molecule has 2 atom stereocenters. The Hall–Kier alpha value is -3.42. The van der Waals surface area contributed by atoms with Crippen LogP contribution < -0.4 is 21.1 Å². The van der Waals surface area contributed by atoms with Crippen LogP contribution in [0, 0.1) is 5.92 Å². The van der Waals surface area contributed by atoms with E-state index in [1.807, 2.05) is 4.90 Å². The van der Waals surface area contributed by atoms with Gasteiger partial charge in [-0.3, -0.25) is 14.2 Å². The van der Waals surface area contributed by atoms with Crippen LogP contribution in [-0.2, 0) is 4.79 Å². The van der Waals surface area contributed by atoms with E-state index in [0.29, 0.717) is 35.7 Å². The van der Waals surface area contributed by atoms with Crippen LogP contribution in [0.15, 0.2) is 29.5 Å². The minimum atomic E-state index is -1.32. The summed E-state index contributed by atoms with van der Waals surface area (Å²) in [5.74, 6) is -0.879. The van der Waals surface area contributed by atoms with Crippen LogP contribution in [0.1, 0.15) is 37.0 Å². The monoisotopic (exact) mass is 498 g/mol. The van der Waals surface area contributed by atoms with Gasteiger partial charge in [0.25, 0.3) is 0 Å². The molecule has 3 aromatic rings. The van der Waals surface area contributed by atoms with Gasteiger partial charge in [-0.05, 0) is 31.9 Å². The molecular formula is C22H26N8O4S. The lowest BCUT2D eigenvalue weighted by Gasteiger charge is -2.39. The molecule has 0 bridgehead atoms. The quantitative estimate of drug-likeness (QED) is 0.428. The molecule has 3 N–H and O–H groups in total. The minimum absolute atomic E-state index is 0.00181. The first-order chi connectivity index (χ1) is 16.9. The van der Waals surface area contributed by atoms with E-state index in [1.54, 1.807) is 12.1 Å². The average Bonchev–Trinajstić information content (AvgIpc) is 3.43. The van der Waals surface area contributed by atoms with E-state index in [-0.39, 0.29) is 28.9 Å². The number of nitrogens with one attached hydrogen (secondary N) is 2. The topological polar surface area (TPSA) is 146 Å². The molecule has 2 aliphatic heterocycles. The second kappa shape index (κ2) is 9.32. The van der Waals surface area contributed by atoms with Gasteiger partial charge in [0.05, 0.1) is 17.5 Å². The first kappa shape index (κ1) is 23.3. The van der Waals surface area contributed by atoms with Gasteiger partial charge in [-0.1, -0.05) is 6.92 Å². The third-order valence-electron chi connectivity index (χ3n) is 6.41. The second-order valence-corrected chi connectivity index (χ2v) is 9.64. The Labute approximate surface area is 204 Å². The number of nitrogens with zero attached hydrogens (tertiary/aromatic N) is 6. The number of hydrogen-bond acceptors (Lipinski definition) is 10. The van der Waals surface area contributed by atoms with Crippen LogP contribution in [0.2, 0.25) is 0 Å². The molecule has 3 aromatic heterocycles. The van der Waals surface area contributed by atoms with Gasteiger partial charge in [0, 0.05) is 43.4 Å². The number of anilines is 1. The number of pyridine rings is 2. The number of carboxylic acid groups (broad SMARTS) is 1. The van der Waals surface area contributed by atoms with Crippen LogP contribution in [0.25, 0.3) is 16.2 Å². The van der Waals surface area contributed by atoms with E-state index < -0.39 is 11.4 Å². The summed E-state index contributed by atoms with van der Waals surface area (Å²) >= 11 is 1.06. The van der Waals surface area contributed by atoms with Gasteiger partial charge in [-0.2, -0.15) is 4.37 Å². The molecule has 2 fully saturated rings. The molecule has 0 aliphatic carbocycles. The van der Waals surface area contributed by atoms with Crippen molar-refractivity contribution in [2.24, 2.45) is 5.92 Å². The van der Waals surface area contributed by atoms with E-state index in [4.69, 9.17) is 0 Å². The number of hydrazine groups is 1. The maximum atomic E-state index is 12.8. The number of rotatable bonds is 7. The lowest BCUT2D eigenvalue weighted by atomic mass is 9.98. The zero-order valence-electron chi connectivity index (χ0n) is 19.3. The Kier molecular flexibility index (Phi) is 6.21. The molecule has 0 saturated carbocycles. The van der Waals surface area contributed by atoms with Crippen LogP contribution in [-0.4, -0.2) is 72.7 Å². The highest BCUT2D eigenvalue weighted by molar-refractivity contribution is 7.08. The molecule has 13 heteroatoms. The number of carbonyl (C=O) groups excluding carboxylic acids is 1. The molecule has 0 aromatic carbocycles. The highest BCUT2D eigenvalue weighted by atomic mass is 32.1. The summed E-state index contributed by atoms with van der Waals surface area (Å²) in [6.45, 7) is 6.21. The highest BCUT2D eigenvalue weighted by Crippen LogP contribution is 2.26. The summed E-state index contributed by atoms with van der Waals surface area (Å²) in [7, 11) is 0. The fourth-order valence-corrected chi connectivity index (χ4v) is 5.04. The largest absolute Gasteiger partial charge is 0.477 e. The predicted molar refractivity (Wildman–Crippen MR) is 130 cm³/mol. The van der Waals surface area contributed by atoms with Crippen molar-refractivity contribution < 1.29 is 14.7 Å². The molecule has 12 nitrogen and oxygen atoms in total. The van der Waals surface area contributed by atoms with E-state index >= 15 is 0 Å². The Morgan fingerprint density at radius 1 is 1.31 bits per heavy atom. The first-order valence-corrected chi connectivity index (χ1v) is 12.3. The van der Waals surface area contributed by atoms with Crippen molar-refractivity contribution in [1.82, 2.24) is 34.7 Å². The van der Waals surface area contributed by atoms with Gasteiger partial charge in [0.1, 0.15) is 17.7 Å². The van der Waals surface area contributed by atoms with E-state index in [2.05, 4.69) is 43.9 Å². The summed E-state index contributed by atoms with van der Waals surface area (Å²) in [4.78, 5) is 47.8. The SMILES string of the molecule is CCCN1NC(NC(=O)C2CN(c3ccc4c(=O)c(C(=O)O)cn(-c5ncns5)c4n3)C2)CC1C. The molecule has 184 valence electrons. The van der Waals surface area contributed by atoms with Crippen molar-refractivity contribution in [3.63, 3.8) is 0 Å². The molecule has 2 unspecified atom stereocenters. The molecule has 1 amide bonds. The normalized spacial score (nSPS) is 20.8. The lowest BCUT2D eigenvalue weighted by molar-refractivity contribution is -0.126. The van der Waals surface area contributed by atoms with Crippen molar-refractivity contribution in [1.29, 1.82) is 0 Å². The van der Waals surface area contributed by atoms with Crippen molar-refractivity contribution >= 4 is 40.3 Å². The van der Waals surface area contributed by atoms with Gasteiger partial charge >= 0.3 is 5.97 Å². The molecule has 2 saturated heterocycles. The first-order valence-electron chi connectivity index (χ1n) is 11.5. The molecular weight excluding hydrogens is 472 g/mol. The third kappa shape index (κ3) is 4.37. The summed E-state index contributed by atoms with van der Waals surface area (Å²) in [6, 6.07) is 3.62. The number of aromatic carboxylic acids is 1. The maximum Gasteiger partial charge on any atom is 0.341 e. The van der Waals surface area contributed by atoms with Gasteiger partial charge in [-0.15, -0.1) is 0 Å². The zero-order chi connectivity index (χ0) is 24.7. The number of fused-ring (bicyclic) bond motifs is 1. The van der Waals surface area contributed by atoms with E-state index in [9.17, 15) is 19.5 Å². The number of carbonyl (C=O) groups is 2. The van der Waals surface area contributed by atoms with Gasteiger partial charge < -0.3 is 15.3 Å². The smallest absolute Gasteiger partial charge is 0.341 e. The Morgan fingerprint density at radius 3 is 2.80 bits per heavy atom. The predicted octanol–water partition coefficient (Wildman–Crippen LogP) is 0.823. The average molecular weight is 499 g/mol. The standard InChI is InChI=1S/C22H26N8O4S/c1-3-6-30-12(2)7-16(27-30)25-20(32)13-8-28(9-13)17-5-4-14-18(31)15(21(33)34)10-29(19(14)26-17)22-23-11-24-35-22/h4-5,10-13,16,27H,3,6-9H2,1-2H3,(H,25,32)(H,33,34). The molecule has 35 heavy (non-hydrogen) atoms. The van der Waals surface area contributed by atoms with Crippen LogP contribution in [0.4, 0.5) is 5.82 Å². The fourth-order valence-electron chi connectivity index (χ4n) is 4.53. The number of carboxylic acids is 1. The van der Waals surface area contributed by atoms with Crippen molar-refractivity contribution in [2.45, 2.75) is 38.9 Å². The third-order valence-corrected chi connectivity index (χ3v) is 7.08. The van der Waals surface area contributed by atoms with E-state index in [0.717, 1.165) is 30.9 Å². The lowest BCUT2D eigenvalue weighted by Crippen LogP contribution is -2.57. The zero-order valence-corrected chi connectivity index (χ0v) is 20.2. The summed E-state index contributed by atoms with van der Waals surface area (Å²) < 4.78 is 5.44. The van der Waals surface area contributed by atoms with Gasteiger partial charge in [-0.25, -0.2) is 25.2 Å². The number of aromatic nitrogens is 4. The maximum absolute atomic E-state index is 12.8. The Bertz CT molecular complexity index is 1320. The molecule has 5 rings (SSSR count). The second-order valence-electron chi connectivity index (χ2n) is 8.88. The molecule has 5 heterocycles. The number of hydrogen-bond donors (Lipinski definition) is 3. The van der Waals surface area contributed by atoms with Crippen molar-refractivity contribution in [2.75, 3.05) is 24.5 Å². The van der Waals surface area contributed by atoms with Gasteiger partial charge in [0.2, 0.25) is 16.5 Å². The van der Waals surface area contributed by atoms with Crippen molar-refractivity contribution in [3.05, 3.63) is 40.4 Å². The van der Waals surface area contributed by atoms with E-state index in [1.165, 1.54) is 17.1 Å². The molecule has 0 spiro atoms. The summed E-state index contributed by atoms with van der Waals surface area (Å²) in [5.41, 5.74) is 2.69. The summed E-state index contributed by atoms with van der Waals surface area (Å²) in [5, 5.41) is 15.3. The molecule has 0 radical (unpaired) electrons. The number of amides is 1. The Balaban J connectivity index is 1.32. The van der Waals surface area contributed by atoms with Crippen LogP contribution in [0.3, 0.4) is 0 Å². The summed E-state index contributed by atoms with van der Waals surface area (Å²) in [6.07, 6.45) is 4.42. The fraction of sp³-hybridized carbons (Fsp3) is 0.455. The van der Waals surface area contributed by atoms with Gasteiger partial charge in [0.15, 0.2) is 5.65 Å². The van der Waals surface area contributed by atoms with Crippen LogP contribution >= 0.6 is 11.5 Å². The minimum Gasteiger partial charge on any atom is -0.477 e. The van der Waals surface area contributed by atoms with Crippen molar-refractivity contribution in [3.8, 4) is 5.13 Å². The highest BCUT2D eigenvalue weighted by Gasteiger charge is 2.36. The molecule has 2 aliphatic rings. The Morgan fingerprint density at radius 2 is 2.11 bits per heavy atom.